The summed E-state index contributed by atoms with van der Waals surface area (Å²) in [7, 11) is 0. The average molecular weight is 525 g/mol. The van der Waals surface area contributed by atoms with Crippen LogP contribution in [0.15, 0.2) is 72.8 Å². The number of carboxylic acids is 1. The summed E-state index contributed by atoms with van der Waals surface area (Å²) in [5.74, 6) is 1.33. The van der Waals surface area contributed by atoms with Crippen molar-refractivity contribution in [3.8, 4) is 0 Å². The molecule has 2 heterocycles. The predicted molar refractivity (Wildman–Crippen MR) is 159 cm³/mol. The molecule has 3 aliphatic rings. The molecule has 3 unspecified atom stereocenters. The van der Waals surface area contributed by atoms with Crippen molar-refractivity contribution in [3.05, 3.63) is 83.9 Å². The Morgan fingerprint density at radius 2 is 1.54 bits per heavy atom. The number of aliphatic carboxylic acids is 1. The first-order valence-electron chi connectivity index (χ1n) is 15.4. The van der Waals surface area contributed by atoms with Gasteiger partial charge in [0.2, 0.25) is 0 Å². The molecular formula is C35H44N2O2. The van der Waals surface area contributed by atoms with Crippen LogP contribution in [-0.4, -0.2) is 59.6 Å². The van der Waals surface area contributed by atoms with Gasteiger partial charge in [0.15, 0.2) is 0 Å². The number of piperidine rings is 1. The number of carboxylic acid groups (broad SMARTS) is 1. The number of benzene rings is 3. The highest BCUT2D eigenvalue weighted by atomic mass is 16.4. The van der Waals surface area contributed by atoms with E-state index in [-0.39, 0.29) is 6.04 Å². The summed E-state index contributed by atoms with van der Waals surface area (Å²) >= 11 is 0. The summed E-state index contributed by atoms with van der Waals surface area (Å²) in [4.78, 5) is 17.6. The van der Waals surface area contributed by atoms with Crippen molar-refractivity contribution >= 4 is 16.7 Å². The minimum absolute atomic E-state index is 0.303. The van der Waals surface area contributed by atoms with Crippen molar-refractivity contribution in [3.63, 3.8) is 0 Å². The predicted octanol–water partition coefficient (Wildman–Crippen LogP) is 6.84. The van der Waals surface area contributed by atoms with Crippen LogP contribution < -0.4 is 0 Å². The fourth-order valence-electron chi connectivity index (χ4n) is 7.90. The molecule has 4 nitrogen and oxygen atoms in total. The Morgan fingerprint density at radius 1 is 0.821 bits per heavy atom. The maximum absolute atomic E-state index is 12.5. The highest BCUT2D eigenvalue weighted by Gasteiger charge is 2.43. The van der Waals surface area contributed by atoms with Crippen molar-refractivity contribution in [1.29, 1.82) is 0 Å². The first-order valence-corrected chi connectivity index (χ1v) is 15.4. The molecule has 4 heteroatoms. The Hall–Kier alpha value is -2.69. The average Bonchev–Trinajstić information content (AvgIpc) is 3.38. The van der Waals surface area contributed by atoms with E-state index in [0.29, 0.717) is 17.8 Å². The lowest BCUT2D eigenvalue weighted by Crippen LogP contribution is -2.46. The van der Waals surface area contributed by atoms with Crippen LogP contribution in [0.5, 0.6) is 0 Å². The van der Waals surface area contributed by atoms with Crippen LogP contribution in [0, 0.1) is 17.8 Å². The second-order valence-corrected chi connectivity index (χ2v) is 12.5. The topological polar surface area (TPSA) is 43.8 Å². The molecule has 206 valence electrons. The SMILES string of the molecule is O=C(O)C(C1CCCCC1)N1CC(CN2CCC(Cc3ccc4ccccc4c3)CC2)C(c2ccccc2)C1. The van der Waals surface area contributed by atoms with Crippen molar-refractivity contribution in [2.75, 3.05) is 32.7 Å². The molecule has 1 saturated carbocycles. The third-order valence-electron chi connectivity index (χ3n) is 9.98. The first-order chi connectivity index (χ1) is 19.1. The molecule has 2 aliphatic heterocycles. The molecule has 3 aromatic carbocycles. The van der Waals surface area contributed by atoms with E-state index < -0.39 is 5.97 Å². The summed E-state index contributed by atoms with van der Waals surface area (Å²) in [6.07, 6.45) is 9.43. The van der Waals surface area contributed by atoms with Crippen LogP contribution in [0.1, 0.15) is 62.0 Å². The smallest absolute Gasteiger partial charge is 0.321 e. The highest BCUT2D eigenvalue weighted by molar-refractivity contribution is 5.83. The number of likely N-dealkylation sites (tertiary alicyclic amines) is 2. The molecule has 6 rings (SSSR count). The maximum Gasteiger partial charge on any atom is 0.321 e. The van der Waals surface area contributed by atoms with Crippen LogP contribution in [0.3, 0.4) is 0 Å². The third-order valence-corrected chi connectivity index (χ3v) is 9.98. The van der Waals surface area contributed by atoms with Crippen LogP contribution in [0.2, 0.25) is 0 Å². The Bertz CT molecular complexity index is 1230. The van der Waals surface area contributed by atoms with E-state index in [1.165, 1.54) is 60.4 Å². The molecule has 1 N–H and O–H groups in total. The molecular weight excluding hydrogens is 480 g/mol. The lowest BCUT2D eigenvalue weighted by atomic mass is 9.83. The van der Waals surface area contributed by atoms with Crippen molar-refractivity contribution in [2.24, 2.45) is 17.8 Å². The fraction of sp³-hybridized carbons (Fsp3) is 0.514. The zero-order valence-electron chi connectivity index (χ0n) is 23.3. The molecule has 0 amide bonds. The summed E-state index contributed by atoms with van der Waals surface area (Å²) < 4.78 is 0. The van der Waals surface area contributed by atoms with Gasteiger partial charge in [0, 0.05) is 25.6 Å². The van der Waals surface area contributed by atoms with E-state index in [1.54, 1.807) is 0 Å². The standard InChI is InChI=1S/C35H44N2O2/c38-35(39)34(30-12-5-2-6-13-30)37-24-32(33(25-37)29-10-3-1-4-11-29)23-36-19-17-26(18-20-36)21-27-15-16-28-9-7-8-14-31(28)22-27/h1,3-4,7-11,14-16,22,26,30,32-34H,2,5-6,12-13,17-21,23-25H2,(H,38,39). The molecule has 0 spiro atoms. The quantitative estimate of drug-likeness (QED) is 0.350. The molecule has 3 aromatic rings. The minimum atomic E-state index is -0.608. The Morgan fingerprint density at radius 3 is 2.28 bits per heavy atom. The number of hydrogen-bond acceptors (Lipinski definition) is 3. The molecule has 0 radical (unpaired) electrons. The monoisotopic (exact) mass is 524 g/mol. The van der Waals surface area contributed by atoms with Crippen LogP contribution in [-0.2, 0) is 11.2 Å². The fourth-order valence-corrected chi connectivity index (χ4v) is 7.90. The lowest BCUT2D eigenvalue weighted by molar-refractivity contribution is -0.145. The van der Waals surface area contributed by atoms with Gasteiger partial charge in [-0.05, 0) is 84.8 Å². The zero-order chi connectivity index (χ0) is 26.6. The van der Waals surface area contributed by atoms with E-state index in [2.05, 4.69) is 82.6 Å². The molecule has 3 fully saturated rings. The number of fused-ring (bicyclic) bond motifs is 1. The lowest BCUT2D eigenvalue weighted by Gasteiger charge is -2.35. The molecule has 3 atom stereocenters. The van der Waals surface area contributed by atoms with E-state index in [0.717, 1.165) is 51.5 Å². The number of nitrogens with zero attached hydrogens (tertiary/aromatic N) is 2. The normalized spacial score (nSPS) is 24.7. The maximum atomic E-state index is 12.5. The van der Waals surface area contributed by atoms with Gasteiger partial charge in [0.05, 0.1) is 0 Å². The van der Waals surface area contributed by atoms with Crippen LogP contribution in [0.25, 0.3) is 10.8 Å². The number of rotatable bonds is 8. The first kappa shape index (κ1) is 26.5. The van der Waals surface area contributed by atoms with Gasteiger partial charge >= 0.3 is 5.97 Å². The van der Waals surface area contributed by atoms with Crippen molar-refractivity contribution in [2.45, 2.75) is 63.3 Å². The van der Waals surface area contributed by atoms with Gasteiger partial charge in [0.25, 0.3) is 0 Å². The van der Waals surface area contributed by atoms with Gasteiger partial charge in [-0.25, -0.2) is 0 Å². The Kier molecular flexibility index (Phi) is 8.32. The van der Waals surface area contributed by atoms with Gasteiger partial charge in [-0.15, -0.1) is 0 Å². The molecule has 39 heavy (non-hydrogen) atoms. The van der Waals surface area contributed by atoms with E-state index >= 15 is 0 Å². The minimum Gasteiger partial charge on any atom is -0.480 e. The molecule has 0 aromatic heterocycles. The summed E-state index contributed by atoms with van der Waals surface area (Å²) in [5.41, 5.74) is 2.84. The van der Waals surface area contributed by atoms with Crippen LogP contribution >= 0.6 is 0 Å². The van der Waals surface area contributed by atoms with E-state index in [1.807, 2.05) is 0 Å². The summed E-state index contributed by atoms with van der Waals surface area (Å²) in [6.45, 7) is 5.17. The van der Waals surface area contributed by atoms with E-state index in [4.69, 9.17) is 0 Å². The molecule has 0 bridgehead atoms. The third kappa shape index (κ3) is 6.23. The summed E-state index contributed by atoms with van der Waals surface area (Å²) in [6, 6.07) is 26.2. The molecule has 1 aliphatic carbocycles. The zero-order valence-corrected chi connectivity index (χ0v) is 23.3. The van der Waals surface area contributed by atoms with Gasteiger partial charge in [0.1, 0.15) is 6.04 Å². The highest BCUT2D eigenvalue weighted by Crippen LogP contribution is 2.39. The van der Waals surface area contributed by atoms with Crippen LogP contribution in [0.4, 0.5) is 0 Å². The number of hydrogen-bond donors (Lipinski definition) is 1. The van der Waals surface area contributed by atoms with Crippen molar-refractivity contribution < 1.29 is 9.90 Å². The summed E-state index contributed by atoms with van der Waals surface area (Å²) in [5, 5.41) is 13.0. The second-order valence-electron chi connectivity index (χ2n) is 12.5. The number of carbonyl (C=O) groups is 1. The Labute approximate surface area is 234 Å². The molecule has 2 saturated heterocycles. The largest absolute Gasteiger partial charge is 0.480 e. The second kappa shape index (κ2) is 12.2. The van der Waals surface area contributed by atoms with Gasteiger partial charge in [-0.1, -0.05) is 92.1 Å². The van der Waals surface area contributed by atoms with Gasteiger partial charge < -0.3 is 10.0 Å². The van der Waals surface area contributed by atoms with Gasteiger partial charge in [-0.3, -0.25) is 9.69 Å². The Balaban J connectivity index is 1.10. The van der Waals surface area contributed by atoms with E-state index in [9.17, 15) is 9.90 Å². The van der Waals surface area contributed by atoms with Gasteiger partial charge in [-0.2, -0.15) is 0 Å². The van der Waals surface area contributed by atoms with Crippen molar-refractivity contribution in [1.82, 2.24) is 9.80 Å².